The second-order valence-corrected chi connectivity index (χ2v) is 7.58. The van der Waals surface area contributed by atoms with E-state index in [2.05, 4.69) is 9.97 Å². The average molecular weight is 374 g/mol. The Labute approximate surface area is 143 Å². The molecule has 1 aliphatic heterocycles. The summed E-state index contributed by atoms with van der Waals surface area (Å²) in [4.78, 5) is 8.29. The third-order valence-corrected chi connectivity index (χ3v) is 6.17. The molecule has 0 unspecified atom stereocenters. The van der Waals surface area contributed by atoms with Gasteiger partial charge in [-0.25, -0.2) is 26.6 Å². The van der Waals surface area contributed by atoms with Gasteiger partial charge in [-0.05, 0) is 12.6 Å². The van der Waals surface area contributed by atoms with Gasteiger partial charge in [0, 0.05) is 38.1 Å². The molecule has 0 spiro atoms. The first-order chi connectivity index (χ1) is 11.8. The van der Waals surface area contributed by atoms with Gasteiger partial charge in [-0.15, -0.1) is 0 Å². The van der Waals surface area contributed by atoms with E-state index in [1.165, 1.54) is 0 Å². The van der Waals surface area contributed by atoms with E-state index in [1.54, 1.807) is 12.4 Å². The molecule has 10 heteroatoms. The summed E-state index contributed by atoms with van der Waals surface area (Å²) in [5.74, 6) is -3.56. The first-order valence-corrected chi connectivity index (χ1v) is 9.16. The number of likely N-dealkylation sites (N-methyl/N-ethyl adjacent to an activating group) is 1. The highest BCUT2D eigenvalue weighted by atomic mass is 32.2. The molecule has 3 rings (SSSR count). The molecule has 2 heterocycles. The molecule has 0 bridgehead atoms. The van der Waals surface area contributed by atoms with Gasteiger partial charge in [0.25, 0.3) is 0 Å². The predicted molar refractivity (Wildman–Crippen MR) is 83.7 cm³/mol. The van der Waals surface area contributed by atoms with Gasteiger partial charge < -0.3 is 4.98 Å². The Morgan fingerprint density at radius 3 is 2.56 bits per heavy atom. The van der Waals surface area contributed by atoms with Crippen molar-refractivity contribution in [3.63, 3.8) is 0 Å². The van der Waals surface area contributed by atoms with Crippen LogP contribution >= 0.6 is 0 Å². The predicted octanol–water partition coefficient (Wildman–Crippen LogP) is 1.89. The smallest absolute Gasteiger partial charge is 0.246 e. The molecule has 1 fully saturated rings. The highest BCUT2D eigenvalue weighted by molar-refractivity contribution is 7.89. The molecule has 1 N–H and O–H groups in total. The third kappa shape index (κ3) is 3.29. The number of hydrogen-bond donors (Lipinski definition) is 1. The van der Waals surface area contributed by atoms with Crippen molar-refractivity contribution in [1.29, 1.82) is 0 Å². The highest BCUT2D eigenvalue weighted by Gasteiger charge is 2.37. The summed E-state index contributed by atoms with van der Waals surface area (Å²) < 4.78 is 67.0. The number of aromatic amines is 1. The Hall–Kier alpha value is -1.91. The number of imidazole rings is 1. The van der Waals surface area contributed by atoms with Crippen molar-refractivity contribution in [2.24, 2.45) is 0 Å². The topological polar surface area (TPSA) is 69.3 Å². The van der Waals surface area contributed by atoms with E-state index in [1.807, 2.05) is 11.8 Å². The lowest BCUT2D eigenvalue weighted by atomic mass is 10.2. The van der Waals surface area contributed by atoms with Crippen LogP contribution < -0.4 is 0 Å². The van der Waals surface area contributed by atoms with E-state index in [0.717, 1.165) is 4.31 Å². The molecule has 2 aromatic rings. The van der Waals surface area contributed by atoms with Crippen LogP contribution in [0.15, 0.2) is 29.4 Å². The van der Waals surface area contributed by atoms with Gasteiger partial charge in [-0.3, -0.25) is 4.90 Å². The summed E-state index contributed by atoms with van der Waals surface area (Å²) in [6, 6.07) is 0.291. The minimum atomic E-state index is -4.30. The molecule has 1 aromatic heterocycles. The maximum atomic E-state index is 14.0. The number of halogens is 3. The molecule has 1 atom stereocenters. The number of piperazine rings is 1. The van der Waals surface area contributed by atoms with Crippen LogP contribution in [0.1, 0.15) is 18.8 Å². The van der Waals surface area contributed by atoms with Gasteiger partial charge in [0.2, 0.25) is 10.0 Å². The summed E-state index contributed by atoms with van der Waals surface area (Å²) in [6.45, 7) is 3.17. The molecule has 0 saturated carbocycles. The zero-order valence-electron chi connectivity index (χ0n) is 13.4. The van der Waals surface area contributed by atoms with Crippen molar-refractivity contribution < 1.29 is 21.6 Å². The number of aromatic nitrogens is 2. The number of hydrogen-bond acceptors (Lipinski definition) is 4. The van der Waals surface area contributed by atoms with Gasteiger partial charge in [0.15, 0.2) is 11.6 Å². The molecule has 136 valence electrons. The van der Waals surface area contributed by atoms with E-state index < -0.39 is 32.4 Å². The van der Waals surface area contributed by atoms with Crippen LogP contribution in [-0.4, -0.2) is 53.8 Å². The van der Waals surface area contributed by atoms with Crippen molar-refractivity contribution in [2.75, 3.05) is 26.2 Å². The first-order valence-electron chi connectivity index (χ1n) is 7.72. The van der Waals surface area contributed by atoms with Crippen LogP contribution in [0.5, 0.6) is 0 Å². The summed E-state index contributed by atoms with van der Waals surface area (Å²) in [5, 5.41) is 0. The van der Waals surface area contributed by atoms with Crippen LogP contribution in [0.25, 0.3) is 0 Å². The van der Waals surface area contributed by atoms with E-state index in [4.69, 9.17) is 0 Å². The van der Waals surface area contributed by atoms with Crippen LogP contribution in [0.3, 0.4) is 0 Å². The number of sulfonamides is 1. The molecule has 6 nitrogen and oxygen atoms in total. The van der Waals surface area contributed by atoms with E-state index >= 15 is 0 Å². The molecular formula is C15H17F3N4O2S. The summed E-state index contributed by atoms with van der Waals surface area (Å²) >= 11 is 0. The van der Waals surface area contributed by atoms with Gasteiger partial charge in [-0.2, -0.15) is 4.31 Å². The van der Waals surface area contributed by atoms with Gasteiger partial charge in [0.1, 0.15) is 16.5 Å². The maximum absolute atomic E-state index is 14.0. The van der Waals surface area contributed by atoms with Crippen LogP contribution in [0, 0.1) is 17.5 Å². The van der Waals surface area contributed by atoms with Crippen molar-refractivity contribution in [1.82, 2.24) is 19.2 Å². The minimum Gasteiger partial charge on any atom is -0.347 e. The first kappa shape index (κ1) is 17.9. The second kappa shape index (κ2) is 6.77. The number of nitrogens with zero attached hydrogens (tertiary/aromatic N) is 3. The second-order valence-electron chi connectivity index (χ2n) is 5.68. The molecule has 0 amide bonds. The number of H-pyrrole nitrogens is 1. The Balaban J connectivity index is 1.94. The summed E-state index contributed by atoms with van der Waals surface area (Å²) in [7, 11) is -4.30. The number of rotatable bonds is 4. The third-order valence-electron chi connectivity index (χ3n) is 4.29. The SMILES string of the molecule is CCN1CCN(S(=O)(=O)c2cc(F)c(F)cc2F)C[C@H]1c1ncc[nH]1. The van der Waals surface area contributed by atoms with Gasteiger partial charge >= 0.3 is 0 Å². The Morgan fingerprint density at radius 1 is 1.20 bits per heavy atom. The maximum Gasteiger partial charge on any atom is 0.246 e. The Morgan fingerprint density at radius 2 is 1.92 bits per heavy atom. The van der Waals surface area contributed by atoms with E-state index in [9.17, 15) is 21.6 Å². The number of benzene rings is 1. The van der Waals surface area contributed by atoms with Gasteiger partial charge in [0.05, 0.1) is 6.04 Å². The van der Waals surface area contributed by atoms with Crippen LogP contribution in [-0.2, 0) is 10.0 Å². The summed E-state index contributed by atoms with van der Waals surface area (Å²) in [6.07, 6.45) is 3.19. The normalized spacial score (nSPS) is 20.1. The molecule has 0 radical (unpaired) electrons. The van der Waals surface area contributed by atoms with Crippen molar-refractivity contribution in [3.05, 3.63) is 47.8 Å². The van der Waals surface area contributed by atoms with Crippen molar-refractivity contribution in [3.8, 4) is 0 Å². The largest absolute Gasteiger partial charge is 0.347 e. The zero-order chi connectivity index (χ0) is 18.2. The standard InChI is InChI=1S/C15H17F3N4O2S/c1-2-21-5-6-22(9-13(21)15-19-3-4-20-15)25(23,24)14-8-11(17)10(16)7-12(14)18/h3-4,7-8,13H,2,5-6,9H2,1H3,(H,19,20)/t13-/m0/s1. The lowest BCUT2D eigenvalue weighted by Gasteiger charge is -2.39. The minimum absolute atomic E-state index is 0.0299. The van der Waals surface area contributed by atoms with Gasteiger partial charge in [-0.1, -0.05) is 6.92 Å². The van der Waals surface area contributed by atoms with Crippen molar-refractivity contribution in [2.45, 2.75) is 17.9 Å². The molecule has 1 aromatic carbocycles. The average Bonchev–Trinajstić information content (AvgIpc) is 3.11. The van der Waals surface area contributed by atoms with E-state index in [-0.39, 0.29) is 25.2 Å². The van der Waals surface area contributed by atoms with Crippen molar-refractivity contribution >= 4 is 10.0 Å². The van der Waals surface area contributed by atoms with Crippen LogP contribution in [0.4, 0.5) is 13.2 Å². The fraction of sp³-hybridized carbons (Fsp3) is 0.400. The fourth-order valence-corrected chi connectivity index (χ4v) is 4.45. The molecule has 1 saturated heterocycles. The lowest BCUT2D eigenvalue weighted by molar-refractivity contribution is 0.119. The lowest BCUT2D eigenvalue weighted by Crippen LogP contribution is -2.50. The summed E-state index contributed by atoms with van der Waals surface area (Å²) in [5.41, 5.74) is 0. The molecule has 1 aliphatic rings. The zero-order valence-corrected chi connectivity index (χ0v) is 14.2. The highest BCUT2D eigenvalue weighted by Crippen LogP contribution is 2.28. The Bertz CT molecular complexity index is 858. The van der Waals surface area contributed by atoms with E-state index in [0.29, 0.717) is 25.0 Å². The Kier molecular flexibility index (Phi) is 4.85. The fourth-order valence-electron chi connectivity index (χ4n) is 2.95. The number of nitrogens with one attached hydrogen (secondary N) is 1. The molecule has 0 aliphatic carbocycles. The van der Waals surface area contributed by atoms with Crippen LogP contribution in [0.2, 0.25) is 0 Å². The molecule has 25 heavy (non-hydrogen) atoms. The molecular weight excluding hydrogens is 357 g/mol. The quantitative estimate of drug-likeness (QED) is 0.830. The monoisotopic (exact) mass is 374 g/mol.